The first kappa shape index (κ1) is 19.3. The van der Waals surface area contributed by atoms with Crippen LogP contribution < -0.4 is 5.32 Å². The Kier molecular flexibility index (Phi) is 5.95. The van der Waals surface area contributed by atoms with Crippen LogP contribution in [0.5, 0.6) is 0 Å². The number of likely N-dealkylation sites (tertiary alicyclic amines) is 1. The van der Waals surface area contributed by atoms with E-state index in [0.29, 0.717) is 13.1 Å². The summed E-state index contributed by atoms with van der Waals surface area (Å²) in [5.74, 6) is -0.0814. The van der Waals surface area contributed by atoms with Gasteiger partial charge in [0, 0.05) is 44.0 Å². The lowest BCUT2D eigenvalue weighted by molar-refractivity contribution is 0.0913. The zero-order chi connectivity index (χ0) is 20.1. The van der Waals surface area contributed by atoms with Gasteiger partial charge >= 0.3 is 0 Å². The van der Waals surface area contributed by atoms with Crippen molar-refractivity contribution in [1.29, 1.82) is 0 Å². The molecule has 0 bridgehead atoms. The molecule has 1 saturated heterocycles. The predicted molar refractivity (Wildman–Crippen MR) is 106 cm³/mol. The summed E-state index contributed by atoms with van der Waals surface area (Å²) in [7, 11) is 0. The maximum atomic E-state index is 13.4. The average Bonchev–Trinajstić information content (AvgIpc) is 3.24. The highest BCUT2D eigenvalue weighted by Gasteiger charge is 2.25. The molecule has 3 aromatic rings. The fraction of sp³-hybridized carbons (Fsp3) is 0.318. The molecule has 0 radical (unpaired) electrons. The summed E-state index contributed by atoms with van der Waals surface area (Å²) < 4.78 is 18.7. The number of nitrogens with zero attached hydrogens (tertiary/aromatic N) is 3. The van der Waals surface area contributed by atoms with Crippen LogP contribution in [0.25, 0.3) is 0 Å². The molecule has 3 heterocycles. The summed E-state index contributed by atoms with van der Waals surface area (Å²) in [4.78, 5) is 18.6. The molecule has 1 aliphatic rings. The van der Waals surface area contributed by atoms with E-state index in [2.05, 4.69) is 20.4 Å². The van der Waals surface area contributed by atoms with Gasteiger partial charge in [-0.3, -0.25) is 14.7 Å². The van der Waals surface area contributed by atoms with Gasteiger partial charge in [-0.2, -0.15) is 0 Å². The quantitative estimate of drug-likeness (QED) is 0.693. The average molecular weight is 394 g/mol. The number of hydrogen-bond donors (Lipinski definition) is 1. The fourth-order valence-electron chi connectivity index (χ4n) is 3.69. The van der Waals surface area contributed by atoms with Crippen LogP contribution >= 0.6 is 0 Å². The monoisotopic (exact) mass is 394 g/mol. The van der Waals surface area contributed by atoms with E-state index >= 15 is 0 Å². The lowest BCUT2D eigenvalue weighted by Crippen LogP contribution is -2.34. The first-order valence-corrected chi connectivity index (χ1v) is 9.78. The third-order valence-corrected chi connectivity index (χ3v) is 5.17. The van der Waals surface area contributed by atoms with E-state index in [1.54, 1.807) is 30.6 Å². The van der Waals surface area contributed by atoms with E-state index in [9.17, 15) is 9.18 Å². The normalized spacial score (nSPS) is 17.2. The minimum atomic E-state index is -0.284. The van der Waals surface area contributed by atoms with Crippen molar-refractivity contribution in [3.63, 3.8) is 0 Å². The van der Waals surface area contributed by atoms with Crippen LogP contribution in [0.15, 0.2) is 59.4 Å². The van der Waals surface area contributed by atoms with Crippen LogP contribution in [0, 0.1) is 5.82 Å². The highest BCUT2D eigenvalue weighted by molar-refractivity contribution is 5.91. The van der Waals surface area contributed by atoms with Gasteiger partial charge < -0.3 is 9.84 Å². The van der Waals surface area contributed by atoms with Gasteiger partial charge in [0.05, 0.1) is 5.69 Å². The summed E-state index contributed by atoms with van der Waals surface area (Å²) in [6.07, 6.45) is 5.39. The molecule has 0 spiro atoms. The number of amides is 1. The standard InChI is InChI=1S/C22H23FN4O2/c23-19-5-1-3-17(11-19)14-27-10-2-4-18(15-27)20-12-21(29-26-20)22(28)25-13-16-6-8-24-9-7-16/h1,3,5-9,11-12,18H,2,4,10,13-15H2,(H,25,28)/t18-/m1/s1. The van der Waals surface area contributed by atoms with E-state index in [4.69, 9.17) is 4.52 Å². The predicted octanol–water partition coefficient (Wildman–Crippen LogP) is 3.52. The molecule has 0 aliphatic carbocycles. The molecule has 1 fully saturated rings. The zero-order valence-corrected chi connectivity index (χ0v) is 16.1. The molecule has 1 N–H and O–H groups in total. The molecule has 6 nitrogen and oxygen atoms in total. The number of halogens is 1. The Morgan fingerprint density at radius 2 is 2.07 bits per heavy atom. The highest BCUT2D eigenvalue weighted by Crippen LogP contribution is 2.27. The van der Waals surface area contributed by atoms with Crippen LogP contribution in [0.1, 0.15) is 46.1 Å². The number of pyridine rings is 1. The molecule has 29 heavy (non-hydrogen) atoms. The molecule has 1 aliphatic heterocycles. The van der Waals surface area contributed by atoms with Crippen molar-refractivity contribution in [2.24, 2.45) is 0 Å². The second-order valence-corrected chi connectivity index (χ2v) is 7.36. The topological polar surface area (TPSA) is 71.3 Å². The smallest absolute Gasteiger partial charge is 0.290 e. The Morgan fingerprint density at radius 1 is 1.21 bits per heavy atom. The zero-order valence-electron chi connectivity index (χ0n) is 16.1. The minimum Gasteiger partial charge on any atom is -0.351 e. The first-order chi connectivity index (χ1) is 14.2. The van der Waals surface area contributed by atoms with Gasteiger partial charge in [0.1, 0.15) is 5.82 Å². The highest BCUT2D eigenvalue weighted by atomic mass is 19.1. The van der Waals surface area contributed by atoms with Crippen molar-refractivity contribution in [2.45, 2.75) is 31.8 Å². The van der Waals surface area contributed by atoms with Crippen molar-refractivity contribution in [2.75, 3.05) is 13.1 Å². The number of aromatic nitrogens is 2. The molecule has 1 atom stereocenters. The number of carbonyl (C=O) groups is 1. The molecule has 4 rings (SSSR count). The van der Waals surface area contributed by atoms with Crippen LogP contribution in [-0.2, 0) is 13.1 Å². The maximum absolute atomic E-state index is 13.4. The van der Waals surface area contributed by atoms with Crippen molar-refractivity contribution in [3.05, 3.63) is 83.3 Å². The second kappa shape index (κ2) is 8.96. The van der Waals surface area contributed by atoms with Crippen molar-refractivity contribution >= 4 is 5.91 Å². The number of benzene rings is 1. The molecule has 150 valence electrons. The second-order valence-electron chi connectivity index (χ2n) is 7.36. The van der Waals surface area contributed by atoms with Gasteiger partial charge in [0.25, 0.3) is 5.91 Å². The Morgan fingerprint density at radius 3 is 2.90 bits per heavy atom. The van der Waals surface area contributed by atoms with Gasteiger partial charge in [0.2, 0.25) is 5.76 Å². The summed E-state index contributed by atoms with van der Waals surface area (Å²) in [6.45, 7) is 2.87. The molecular weight excluding hydrogens is 371 g/mol. The number of carbonyl (C=O) groups excluding carboxylic acids is 1. The van der Waals surface area contributed by atoms with E-state index in [1.807, 2.05) is 18.2 Å². The summed E-state index contributed by atoms with van der Waals surface area (Å²) in [5, 5.41) is 6.97. The third-order valence-electron chi connectivity index (χ3n) is 5.17. The molecular formula is C22H23FN4O2. The Balaban J connectivity index is 1.35. The summed E-state index contributed by atoms with van der Waals surface area (Å²) in [6, 6.07) is 12.1. The maximum Gasteiger partial charge on any atom is 0.290 e. The molecule has 7 heteroatoms. The molecule has 1 aromatic carbocycles. The first-order valence-electron chi connectivity index (χ1n) is 9.78. The molecule has 1 amide bonds. The van der Waals surface area contributed by atoms with Gasteiger partial charge in [-0.25, -0.2) is 4.39 Å². The van der Waals surface area contributed by atoms with Crippen LogP contribution in [0.3, 0.4) is 0 Å². The van der Waals surface area contributed by atoms with E-state index in [-0.39, 0.29) is 23.4 Å². The summed E-state index contributed by atoms with van der Waals surface area (Å²) in [5.41, 5.74) is 2.72. The fourth-order valence-corrected chi connectivity index (χ4v) is 3.69. The van der Waals surface area contributed by atoms with Crippen molar-refractivity contribution < 1.29 is 13.7 Å². The summed E-state index contributed by atoms with van der Waals surface area (Å²) >= 11 is 0. The van der Waals surface area contributed by atoms with E-state index < -0.39 is 0 Å². The van der Waals surface area contributed by atoms with E-state index in [1.165, 1.54) is 6.07 Å². The van der Waals surface area contributed by atoms with Gasteiger partial charge in [0.15, 0.2) is 0 Å². The van der Waals surface area contributed by atoms with E-state index in [0.717, 1.165) is 42.8 Å². The number of nitrogens with one attached hydrogen (secondary N) is 1. The molecule has 2 aromatic heterocycles. The Bertz CT molecular complexity index is 960. The number of hydrogen-bond acceptors (Lipinski definition) is 5. The Hall–Kier alpha value is -3.06. The van der Waals surface area contributed by atoms with Crippen LogP contribution in [-0.4, -0.2) is 34.0 Å². The van der Waals surface area contributed by atoms with Gasteiger partial charge in [-0.05, 0) is 54.8 Å². The number of piperidine rings is 1. The van der Waals surface area contributed by atoms with Gasteiger partial charge in [-0.1, -0.05) is 17.3 Å². The Labute approximate surface area is 168 Å². The van der Waals surface area contributed by atoms with Crippen molar-refractivity contribution in [3.8, 4) is 0 Å². The third kappa shape index (κ3) is 5.06. The SMILES string of the molecule is O=C(NCc1ccncc1)c1cc([C@@H]2CCCN(Cc3cccc(F)c3)C2)no1. The number of rotatable bonds is 6. The lowest BCUT2D eigenvalue weighted by Gasteiger charge is -2.31. The largest absolute Gasteiger partial charge is 0.351 e. The lowest BCUT2D eigenvalue weighted by atomic mass is 9.94. The van der Waals surface area contributed by atoms with Crippen LogP contribution in [0.4, 0.5) is 4.39 Å². The van der Waals surface area contributed by atoms with Crippen LogP contribution in [0.2, 0.25) is 0 Å². The minimum absolute atomic E-state index is 0.197. The molecule has 0 unspecified atom stereocenters. The van der Waals surface area contributed by atoms with Gasteiger partial charge in [-0.15, -0.1) is 0 Å². The van der Waals surface area contributed by atoms with Crippen molar-refractivity contribution in [1.82, 2.24) is 20.4 Å². The molecule has 0 saturated carbocycles.